The Hall–Kier alpha value is -1.95. The highest BCUT2D eigenvalue weighted by Gasteiger charge is 2.10. The molecule has 1 unspecified atom stereocenters. The first-order chi connectivity index (χ1) is 10.1. The van der Waals surface area contributed by atoms with E-state index in [1.165, 1.54) is 4.88 Å². The highest BCUT2D eigenvalue weighted by molar-refractivity contribution is 7.11. The molecular weight excluding hydrogens is 284 g/mol. The summed E-state index contributed by atoms with van der Waals surface area (Å²) in [5, 5.41) is 7.14. The number of carbonyl (C=O) groups is 1. The van der Waals surface area contributed by atoms with Crippen molar-refractivity contribution in [2.75, 3.05) is 11.9 Å². The first kappa shape index (κ1) is 15.4. The van der Waals surface area contributed by atoms with Crippen molar-refractivity contribution in [1.29, 1.82) is 0 Å². The summed E-state index contributed by atoms with van der Waals surface area (Å²) in [5.41, 5.74) is 0.576. The van der Waals surface area contributed by atoms with Crippen molar-refractivity contribution in [1.82, 2.24) is 15.3 Å². The molecule has 2 rings (SSSR count). The summed E-state index contributed by atoms with van der Waals surface area (Å²) in [4.78, 5) is 21.6. The molecule has 5 nitrogen and oxygen atoms in total. The largest absolute Gasteiger partial charge is 0.361 e. The van der Waals surface area contributed by atoms with Crippen molar-refractivity contribution >= 4 is 23.1 Å². The van der Waals surface area contributed by atoms with E-state index in [4.69, 9.17) is 0 Å². The van der Waals surface area contributed by atoms with Crippen LogP contribution in [-0.4, -0.2) is 22.4 Å². The average Bonchev–Trinajstić information content (AvgIpc) is 2.92. The lowest BCUT2D eigenvalue weighted by atomic mass is 10.2. The van der Waals surface area contributed by atoms with E-state index in [1.54, 1.807) is 23.6 Å². The average molecular weight is 304 g/mol. The van der Waals surface area contributed by atoms with E-state index < -0.39 is 0 Å². The molecule has 2 N–H and O–H groups in total. The van der Waals surface area contributed by atoms with Gasteiger partial charge in [0.25, 0.3) is 5.91 Å². The van der Waals surface area contributed by atoms with Crippen molar-refractivity contribution in [2.45, 2.75) is 33.2 Å². The topological polar surface area (TPSA) is 66.9 Å². The molecule has 0 aliphatic carbocycles. The number of nitrogens with one attached hydrogen (secondary N) is 2. The summed E-state index contributed by atoms with van der Waals surface area (Å²) in [6.45, 7) is 6.78. The Labute approximate surface area is 128 Å². The summed E-state index contributed by atoms with van der Waals surface area (Å²) < 4.78 is 0. The van der Waals surface area contributed by atoms with E-state index >= 15 is 0 Å². The van der Waals surface area contributed by atoms with Gasteiger partial charge in [0.2, 0.25) is 0 Å². The lowest BCUT2D eigenvalue weighted by Crippen LogP contribution is -2.24. The number of rotatable bonds is 6. The molecule has 0 aliphatic heterocycles. The van der Waals surface area contributed by atoms with Gasteiger partial charge in [0, 0.05) is 23.8 Å². The van der Waals surface area contributed by atoms with Crippen LogP contribution in [0.15, 0.2) is 24.5 Å². The molecule has 2 aromatic heterocycles. The van der Waals surface area contributed by atoms with Crippen LogP contribution in [0.2, 0.25) is 0 Å². The zero-order valence-corrected chi connectivity index (χ0v) is 13.3. The van der Waals surface area contributed by atoms with Gasteiger partial charge >= 0.3 is 0 Å². The van der Waals surface area contributed by atoms with Crippen LogP contribution in [0, 0.1) is 6.92 Å². The number of carbonyl (C=O) groups excluding carboxylic acids is 1. The number of anilines is 1. The van der Waals surface area contributed by atoms with Crippen LogP contribution in [0.1, 0.15) is 46.6 Å². The molecule has 0 fully saturated rings. The van der Waals surface area contributed by atoms with Crippen molar-refractivity contribution in [3.63, 3.8) is 0 Å². The van der Waals surface area contributed by atoms with Gasteiger partial charge in [-0.05, 0) is 32.4 Å². The van der Waals surface area contributed by atoms with Gasteiger partial charge in [-0.15, -0.1) is 11.3 Å². The molecule has 1 amide bonds. The molecule has 0 spiro atoms. The van der Waals surface area contributed by atoms with E-state index in [2.05, 4.69) is 20.6 Å². The lowest BCUT2D eigenvalue weighted by Gasteiger charge is -2.12. The SMILES string of the molecule is CCCNC(=O)c1ccc(NC(C)c2ncc(C)s2)nc1. The number of nitrogens with zero attached hydrogens (tertiary/aromatic N) is 2. The van der Waals surface area contributed by atoms with E-state index in [-0.39, 0.29) is 11.9 Å². The monoisotopic (exact) mass is 304 g/mol. The van der Waals surface area contributed by atoms with Crippen LogP contribution in [0.4, 0.5) is 5.82 Å². The summed E-state index contributed by atoms with van der Waals surface area (Å²) in [7, 11) is 0. The van der Waals surface area contributed by atoms with Crippen LogP contribution in [0.25, 0.3) is 0 Å². The fraction of sp³-hybridized carbons (Fsp3) is 0.400. The molecule has 0 bridgehead atoms. The van der Waals surface area contributed by atoms with Crippen LogP contribution in [0.5, 0.6) is 0 Å². The summed E-state index contributed by atoms with van der Waals surface area (Å²) in [6.07, 6.45) is 4.38. The van der Waals surface area contributed by atoms with Gasteiger partial charge in [-0.25, -0.2) is 9.97 Å². The van der Waals surface area contributed by atoms with Crippen LogP contribution >= 0.6 is 11.3 Å². The first-order valence-electron chi connectivity index (χ1n) is 7.03. The Bertz CT molecular complexity index is 594. The highest BCUT2D eigenvalue weighted by atomic mass is 32.1. The molecule has 6 heteroatoms. The van der Waals surface area contributed by atoms with Crippen molar-refractivity contribution in [3.8, 4) is 0 Å². The molecule has 0 saturated heterocycles. The second-order valence-electron chi connectivity index (χ2n) is 4.86. The quantitative estimate of drug-likeness (QED) is 0.860. The minimum Gasteiger partial charge on any atom is -0.361 e. The standard InChI is InChI=1S/C15H20N4OS/c1-4-7-16-14(20)12-5-6-13(17-9-12)19-11(3)15-18-8-10(2)21-15/h5-6,8-9,11H,4,7H2,1-3H3,(H,16,20)(H,17,19). The van der Waals surface area contributed by atoms with E-state index in [0.717, 1.165) is 17.2 Å². The Balaban J connectivity index is 1.97. The number of amides is 1. The second kappa shape index (κ2) is 7.17. The van der Waals surface area contributed by atoms with Gasteiger partial charge in [0.05, 0.1) is 11.6 Å². The van der Waals surface area contributed by atoms with Gasteiger partial charge in [0.15, 0.2) is 0 Å². The van der Waals surface area contributed by atoms with Gasteiger partial charge in [0.1, 0.15) is 10.8 Å². The molecule has 2 aromatic rings. The number of hydrogen-bond donors (Lipinski definition) is 2. The lowest BCUT2D eigenvalue weighted by molar-refractivity contribution is 0.0953. The zero-order chi connectivity index (χ0) is 15.2. The highest BCUT2D eigenvalue weighted by Crippen LogP contribution is 2.22. The van der Waals surface area contributed by atoms with Crippen LogP contribution < -0.4 is 10.6 Å². The molecule has 112 valence electrons. The predicted octanol–water partition coefficient (Wildman–Crippen LogP) is 3.16. The Morgan fingerprint density at radius 1 is 1.33 bits per heavy atom. The molecule has 21 heavy (non-hydrogen) atoms. The molecule has 0 radical (unpaired) electrons. The zero-order valence-electron chi connectivity index (χ0n) is 12.5. The maximum absolute atomic E-state index is 11.8. The Morgan fingerprint density at radius 3 is 2.71 bits per heavy atom. The van der Waals surface area contributed by atoms with E-state index in [1.807, 2.05) is 33.0 Å². The minimum absolute atomic E-state index is 0.0838. The van der Waals surface area contributed by atoms with E-state index in [9.17, 15) is 4.79 Å². The smallest absolute Gasteiger partial charge is 0.252 e. The van der Waals surface area contributed by atoms with Gasteiger partial charge in [-0.1, -0.05) is 6.92 Å². The van der Waals surface area contributed by atoms with Gasteiger partial charge < -0.3 is 10.6 Å². The molecule has 0 aliphatic rings. The molecule has 0 aromatic carbocycles. The van der Waals surface area contributed by atoms with Crippen LogP contribution in [0.3, 0.4) is 0 Å². The predicted molar refractivity (Wildman–Crippen MR) is 85.7 cm³/mol. The molecule has 1 atom stereocenters. The fourth-order valence-corrected chi connectivity index (χ4v) is 2.59. The number of hydrogen-bond acceptors (Lipinski definition) is 5. The summed E-state index contributed by atoms with van der Waals surface area (Å²) >= 11 is 1.67. The normalized spacial score (nSPS) is 12.0. The van der Waals surface area contributed by atoms with Gasteiger partial charge in [-0.3, -0.25) is 4.79 Å². The number of aryl methyl sites for hydroxylation is 1. The summed E-state index contributed by atoms with van der Waals surface area (Å²) in [6, 6.07) is 3.69. The number of thiazole rings is 1. The Kier molecular flexibility index (Phi) is 5.27. The minimum atomic E-state index is -0.0838. The fourth-order valence-electron chi connectivity index (χ4n) is 1.81. The van der Waals surface area contributed by atoms with Crippen LogP contribution in [-0.2, 0) is 0 Å². The third-order valence-electron chi connectivity index (χ3n) is 2.94. The van der Waals surface area contributed by atoms with E-state index in [0.29, 0.717) is 12.1 Å². The number of pyridine rings is 1. The third-order valence-corrected chi connectivity index (χ3v) is 4.03. The molecule has 2 heterocycles. The maximum atomic E-state index is 11.8. The molecule has 0 saturated carbocycles. The number of aromatic nitrogens is 2. The molecular formula is C15H20N4OS. The maximum Gasteiger partial charge on any atom is 0.252 e. The summed E-state index contributed by atoms with van der Waals surface area (Å²) in [5.74, 6) is 0.655. The Morgan fingerprint density at radius 2 is 2.14 bits per heavy atom. The van der Waals surface area contributed by atoms with Crippen molar-refractivity contribution in [2.24, 2.45) is 0 Å². The van der Waals surface area contributed by atoms with Crippen molar-refractivity contribution < 1.29 is 4.79 Å². The second-order valence-corrected chi connectivity index (χ2v) is 6.13. The first-order valence-corrected chi connectivity index (χ1v) is 7.85. The van der Waals surface area contributed by atoms with Gasteiger partial charge in [-0.2, -0.15) is 0 Å². The third kappa shape index (κ3) is 4.26. The van der Waals surface area contributed by atoms with Crippen molar-refractivity contribution in [3.05, 3.63) is 40.0 Å².